The molecule has 1 aromatic rings. The second-order valence-electron chi connectivity index (χ2n) is 4.86. The Morgan fingerprint density at radius 3 is 2.43 bits per heavy atom. The van der Waals surface area contributed by atoms with Gasteiger partial charge in [0, 0.05) is 19.3 Å². The summed E-state index contributed by atoms with van der Waals surface area (Å²) in [6.45, 7) is 11.0. The minimum atomic E-state index is -1.02. The van der Waals surface area contributed by atoms with Crippen LogP contribution in [-0.4, -0.2) is 53.7 Å². The average Bonchev–Trinajstić information content (AvgIpc) is 2.48. The van der Waals surface area contributed by atoms with Crippen molar-refractivity contribution in [2.75, 3.05) is 43.4 Å². The van der Waals surface area contributed by atoms with Crippen LogP contribution in [-0.2, 0) is 0 Å². The van der Waals surface area contributed by atoms with Crippen molar-refractivity contribution in [2.24, 2.45) is 0 Å². The van der Waals surface area contributed by atoms with Crippen LogP contribution in [0.4, 0.5) is 11.5 Å². The lowest BCUT2D eigenvalue weighted by molar-refractivity contribution is 0.0698. The first-order valence-corrected chi connectivity index (χ1v) is 7.50. The molecule has 0 unspecified atom stereocenters. The summed E-state index contributed by atoms with van der Waals surface area (Å²) >= 11 is 0. The van der Waals surface area contributed by atoms with E-state index >= 15 is 0 Å². The maximum absolute atomic E-state index is 11.1. The molecule has 0 aliphatic rings. The highest BCUT2D eigenvalue weighted by molar-refractivity contribution is 5.96. The van der Waals surface area contributed by atoms with Crippen molar-refractivity contribution in [1.82, 2.24) is 9.88 Å². The second-order valence-corrected chi connectivity index (χ2v) is 4.86. The third-order valence-electron chi connectivity index (χ3n) is 3.68. The van der Waals surface area contributed by atoms with Crippen molar-refractivity contribution in [3.05, 3.63) is 17.8 Å². The predicted molar refractivity (Wildman–Crippen MR) is 85.9 cm³/mol. The Balaban J connectivity index is 2.76. The molecular formula is C15H26N4O2. The lowest BCUT2D eigenvalue weighted by atomic mass is 10.2. The number of aromatic carboxylic acids is 1. The lowest BCUT2D eigenvalue weighted by Crippen LogP contribution is -2.31. The van der Waals surface area contributed by atoms with Crippen molar-refractivity contribution in [3.63, 3.8) is 0 Å². The standard InChI is InChI=1S/C15H26N4O2/c1-4-18(5-2)10-7-11-19(6-3)14-13(16)12(15(20)21)8-9-17-14/h8-9H,4-7,10-11,16H2,1-3H3,(H,20,21). The number of nitrogen functional groups attached to an aromatic ring is 1. The molecular weight excluding hydrogens is 268 g/mol. The fraction of sp³-hybridized carbons (Fsp3) is 0.600. The molecule has 6 nitrogen and oxygen atoms in total. The van der Waals surface area contributed by atoms with Crippen LogP contribution in [0.1, 0.15) is 37.6 Å². The van der Waals surface area contributed by atoms with Gasteiger partial charge in [-0.15, -0.1) is 0 Å². The zero-order valence-electron chi connectivity index (χ0n) is 13.2. The molecule has 0 fully saturated rings. The van der Waals surface area contributed by atoms with Crippen LogP contribution in [0, 0.1) is 0 Å². The van der Waals surface area contributed by atoms with Crippen LogP contribution in [0.5, 0.6) is 0 Å². The van der Waals surface area contributed by atoms with Crippen LogP contribution in [0.25, 0.3) is 0 Å². The molecule has 0 saturated carbocycles. The molecule has 118 valence electrons. The number of carbonyl (C=O) groups is 1. The van der Waals surface area contributed by atoms with E-state index in [1.807, 2.05) is 11.8 Å². The van der Waals surface area contributed by atoms with E-state index in [0.717, 1.165) is 39.1 Å². The second kappa shape index (κ2) is 8.46. The third-order valence-corrected chi connectivity index (χ3v) is 3.68. The smallest absolute Gasteiger partial charge is 0.337 e. The number of carboxylic acid groups (broad SMARTS) is 1. The highest BCUT2D eigenvalue weighted by Crippen LogP contribution is 2.24. The minimum absolute atomic E-state index is 0.113. The van der Waals surface area contributed by atoms with Gasteiger partial charge in [-0.3, -0.25) is 0 Å². The number of hydrogen-bond acceptors (Lipinski definition) is 5. The Morgan fingerprint density at radius 2 is 1.90 bits per heavy atom. The largest absolute Gasteiger partial charge is 0.478 e. The molecule has 1 rings (SSSR count). The molecule has 0 spiro atoms. The van der Waals surface area contributed by atoms with E-state index in [-0.39, 0.29) is 11.3 Å². The molecule has 21 heavy (non-hydrogen) atoms. The quantitative estimate of drug-likeness (QED) is 0.724. The first kappa shape index (κ1) is 17.2. The van der Waals surface area contributed by atoms with E-state index in [0.29, 0.717) is 5.82 Å². The molecule has 6 heteroatoms. The maximum atomic E-state index is 11.1. The fourth-order valence-corrected chi connectivity index (χ4v) is 2.34. The normalized spacial score (nSPS) is 10.9. The van der Waals surface area contributed by atoms with E-state index in [9.17, 15) is 4.79 Å². The van der Waals surface area contributed by atoms with Gasteiger partial charge in [0.2, 0.25) is 0 Å². The summed E-state index contributed by atoms with van der Waals surface area (Å²) in [4.78, 5) is 19.8. The fourth-order valence-electron chi connectivity index (χ4n) is 2.34. The van der Waals surface area contributed by atoms with Gasteiger partial charge >= 0.3 is 5.97 Å². The highest BCUT2D eigenvalue weighted by Gasteiger charge is 2.16. The van der Waals surface area contributed by atoms with E-state index < -0.39 is 5.97 Å². The zero-order chi connectivity index (χ0) is 15.8. The Hall–Kier alpha value is -1.82. The molecule has 1 aromatic heterocycles. The van der Waals surface area contributed by atoms with E-state index in [4.69, 9.17) is 10.8 Å². The molecule has 3 N–H and O–H groups in total. The molecule has 1 heterocycles. The van der Waals surface area contributed by atoms with Crippen LogP contribution in [0.15, 0.2) is 12.3 Å². The maximum Gasteiger partial charge on any atom is 0.337 e. The van der Waals surface area contributed by atoms with Gasteiger partial charge in [-0.2, -0.15) is 0 Å². The summed E-state index contributed by atoms with van der Waals surface area (Å²) in [5.41, 5.74) is 6.31. The zero-order valence-corrected chi connectivity index (χ0v) is 13.2. The van der Waals surface area contributed by atoms with E-state index in [1.54, 1.807) is 0 Å². The van der Waals surface area contributed by atoms with Gasteiger partial charge in [0.05, 0.1) is 11.3 Å². The highest BCUT2D eigenvalue weighted by atomic mass is 16.4. The van der Waals surface area contributed by atoms with Gasteiger partial charge in [-0.25, -0.2) is 9.78 Å². The number of pyridine rings is 1. The third kappa shape index (κ3) is 4.60. The molecule has 0 saturated heterocycles. The number of rotatable bonds is 9. The molecule has 0 amide bonds. The first-order chi connectivity index (χ1) is 10.0. The van der Waals surface area contributed by atoms with Crippen LogP contribution < -0.4 is 10.6 Å². The summed E-state index contributed by atoms with van der Waals surface area (Å²) in [6, 6.07) is 1.44. The van der Waals surface area contributed by atoms with Crippen molar-refractivity contribution in [3.8, 4) is 0 Å². The van der Waals surface area contributed by atoms with Gasteiger partial charge in [-0.1, -0.05) is 13.8 Å². The number of anilines is 2. The van der Waals surface area contributed by atoms with Crippen molar-refractivity contribution < 1.29 is 9.90 Å². The molecule has 0 atom stereocenters. The Kier molecular flexibility index (Phi) is 6.94. The van der Waals surface area contributed by atoms with Crippen LogP contribution >= 0.6 is 0 Å². The molecule has 0 bridgehead atoms. The SMILES string of the molecule is CCN(CC)CCCN(CC)c1nccc(C(=O)O)c1N. The Morgan fingerprint density at radius 1 is 1.24 bits per heavy atom. The molecule has 0 aliphatic heterocycles. The number of nitrogens with two attached hydrogens (primary N) is 1. The number of hydrogen-bond donors (Lipinski definition) is 2. The van der Waals surface area contributed by atoms with Crippen LogP contribution in [0.3, 0.4) is 0 Å². The van der Waals surface area contributed by atoms with Gasteiger partial charge in [-0.05, 0) is 39.0 Å². The Bertz CT molecular complexity index is 461. The summed E-state index contributed by atoms with van der Waals surface area (Å²) in [5, 5.41) is 9.12. The lowest BCUT2D eigenvalue weighted by Gasteiger charge is -2.25. The average molecular weight is 294 g/mol. The van der Waals surface area contributed by atoms with Gasteiger partial charge in [0.25, 0.3) is 0 Å². The van der Waals surface area contributed by atoms with Gasteiger partial charge in [0.1, 0.15) is 0 Å². The van der Waals surface area contributed by atoms with Crippen LogP contribution in [0.2, 0.25) is 0 Å². The van der Waals surface area contributed by atoms with Crippen molar-refractivity contribution in [1.29, 1.82) is 0 Å². The van der Waals surface area contributed by atoms with Gasteiger partial charge in [0.15, 0.2) is 5.82 Å². The number of nitrogens with zero attached hydrogens (tertiary/aromatic N) is 3. The predicted octanol–water partition coefficient (Wildman–Crippen LogP) is 1.92. The summed E-state index contributed by atoms with van der Waals surface area (Å²) in [6.07, 6.45) is 2.50. The van der Waals surface area contributed by atoms with E-state index in [2.05, 4.69) is 23.7 Å². The number of aromatic nitrogens is 1. The first-order valence-electron chi connectivity index (χ1n) is 7.50. The van der Waals surface area contributed by atoms with E-state index in [1.165, 1.54) is 12.3 Å². The molecule has 0 aromatic carbocycles. The van der Waals surface area contributed by atoms with Crippen molar-refractivity contribution in [2.45, 2.75) is 27.2 Å². The van der Waals surface area contributed by atoms with Gasteiger partial charge < -0.3 is 20.6 Å². The van der Waals surface area contributed by atoms with Crippen molar-refractivity contribution >= 4 is 17.5 Å². The summed E-state index contributed by atoms with van der Waals surface area (Å²) < 4.78 is 0. The summed E-state index contributed by atoms with van der Waals surface area (Å²) in [7, 11) is 0. The Labute approximate surface area is 126 Å². The molecule has 0 aliphatic carbocycles. The number of carboxylic acids is 1. The minimum Gasteiger partial charge on any atom is -0.478 e. The summed E-state index contributed by atoms with van der Waals surface area (Å²) in [5.74, 6) is -0.452. The topological polar surface area (TPSA) is 82.7 Å². The monoisotopic (exact) mass is 294 g/mol. The molecule has 0 radical (unpaired) electrons.